The van der Waals surface area contributed by atoms with Crippen LogP contribution in [0.5, 0.6) is 5.88 Å². The van der Waals surface area contributed by atoms with Crippen LogP contribution < -0.4 is 10.5 Å². The van der Waals surface area contributed by atoms with Crippen molar-refractivity contribution in [3.63, 3.8) is 0 Å². The number of anilines is 1. The fraction of sp³-hybridized carbons (Fsp3) is 0.292. The number of aliphatic hydroxyl groups excluding tert-OH is 1. The van der Waals surface area contributed by atoms with Crippen LogP contribution in [0.15, 0.2) is 67.0 Å². The molecule has 2 fully saturated rings. The highest BCUT2D eigenvalue weighted by atomic mass is 16.8. The zero-order chi connectivity index (χ0) is 23.1. The van der Waals surface area contributed by atoms with Crippen LogP contribution in [0.2, 0.25) is 0 Å². The molecule has 10 heteroatoms. The van der Waals surface area contributed by atoms with Gasteiger partial charge in [0.05, 0.1) is 12.9 Å². The van der Waals surface area contributed by atoms with Gasteiger partial charge in [0.2, 0.25) is 11.8 Å². The number of aliphatic hydroxyl groups is 1. The monoisotopic (exact) mass is 461 g/mol. The fourth-order valence-electron chi connectivity index (χ4n) is 4.39. The summed E-state index contributed by atoms with van der Waals surface area (Å²) in [6.07, 6.45) is -1.09. The summed E-state index contributed by atoms with van der Waals surface area (Å²) >= 11 is 0. The zero-order valence-corrected chi connectivity index (χ0v) is 18.1. The normalized spacial score (nSPS) is 26.1. The maximum absolute atomic E-state index is 9.91. The summed E-state index contributed by atoms with van der Waals surface area (Å²) in [5.74, 6) is 0.334. The van der Waals surface area contributed by atoms with Gasteiger partial charge in [-0.1, -0.05) is 60.7 Å². The first kappa shape index (κ1) is 21.0. The summed E-state index contributed by atoms with van der Waals surface area (Å²) < 4.78 is 26.1. The highest BCUT2D eigenvalue weighted by Gasteiger charge is 2.53. The van der Waals surface area contributed by atoms with Crippen molar-refractivity contribution >= 4 is 17.1 Å². The largest absolute Gasteiger partial charge is 0.471 e. The van der Waals surface area contributed by atoms with E-state index in [1.807, 2.05) is 60.7 Å². The van der Waals surface area contributed by atoms with Gasteiger partial charge in [0.15, 0.2) is 23.7 Å². The Labute approximate surface area is 194 Å². The van der Waals surface area contributed by atoms with Crippen molar-refractivity contribution in [2.24, 2.45) is 0 Å². The molecule has 3 N–H and O–H groups in total. The van der Waals surface area contributed by atoms with Crippen molar-refractivity contribution in [2.75, 3.05) is 12.3 Å². The molecular weight excluding hydrogens is 438 g/mol. The average molecular weight is 461 g/mol. The second-order valence-corrected chi connectivity index (χ2v) is 8.18. The standard InChI is InChI=1S/C24H23N5O5/c25-24-27-20-17(21(28-24)31-12-14-7-3-1-4-8-14)26-13-29(20)22-19-18(16(11-30)32-22)33-23(34-19)15-9-5-2-6-10-15/h1-10,13,16,18-19,22-23,30H,11-12H2,(H2,25,27,28)/t16-,18-,19-,22-,23?/m1/s1. The Bertz CT molecular complexity index is 1290. The summed E-state index contributed by atoms with van der Waals surface area (Å²) in [6, 6.07) is 19.4. The van der Waals surface area contributed by atoms with Crippen LogP contribution in [-0.4, -0.2) is 49.5 Å². The highest BCUT2D eigenvalue weighted by molar-refractivity contribution is 5.77. The van der Waals surface area contributed by atoms with Crippen molar-refractivity contribution in [1.29, 1.82) is 0 Å². The number of ether oxygens (including phenoxy) is 4. The number of nitrogens with zero attached hydrogens (tertiary/aromatic N) is 4. The third-order valence-electron chi connectivity index (χ3n) is 6.00. The lowest BCUT2D eigenvalue weighted by molar-refractivity contribution is -0.153. The minimum atomic E-state index is -0.628. The second kappa shape index (κ2) is 8.65. The van der Waals surface area contributed by atoms with Gasteiger partial charge in [-0.2, -0.15) is 9.97 Å². The molecule has 2 aliphatic heterocycles. The number of nitrogen functional groups attached to an aromatic ring is 1. The second-order valence-electron chi connectivity index (χ2n) is 8.18. The lowest BCUT2D eigenvalue weighted by atomic mass is 10.1. The first-order valence-corrected chi connectivity index (χ1v) is 11.0. The molecule has 1 unspecified atom stereocenters. The average Bonchev–Trinajstić information content (AvgIpc) is 3.57. The lowest BCUT2D eigenvalue weighted by Gasteiger charge is -2.20. The maximum Gasteiger partial charge on any atom is 0.247 e. The smallest absolute Gasteiger partial charge is 0.247 e. The van der Waals surface area contributed by atoms with Crippen LogP contribution in [-0.2, 0) is 20.8 Å². The van der Waals surface area contributed by atoms with Crippen LogP contribution in [0, 0.1) is 0 Å². The van der Waals surface area contributed by atoms with E-state index in [-0.39, 0.29) is 18.4 Å². The number of hydrogen-bond donors (Lipinski definition) is 2. The molecule has 10 nitrogen and oxygen atoms in total. The molecule has 0 bridgehead atoms. The zero-order valence-electron chi connectivity index (χ0n) is 18.1. The van der Waals surface area contributed by atoms with E-state index in [0.29, 0.717) is 17.8 Å². The number of fused-ring (bicyclic) bond motifs is 2. The quantitative estimate of drug-likeness (QED) is 0.445. The van der Waals surface area contributed by atoms with Crippen LogP contribution in [0.25, 0.3) is 11.2 Å². The lowest BCUT2D eigenvalue weighted by Crippen LogP contribution is -2.30. The van der Waals surface area contributed by atoms with Crippen molar-refractivity contribution in [1.82, 2.24) is 19.5 Å². The molecule has 174 valence electrons. The Morgan fingerprint density at radius 1 is 0.941 bits per heavy atom. The van der Waals surface area contributed by atoms with Gasteiger partial charge < -0.3 is 29.8 Å². The van der Waals surface area contributed by atoms with E-state index in [1.54, 1.807) is 10.9 Å². The fourth-order valence-corrected chi connectivity index (χ4v) is 4.39. The summed E-state index contributed by atoms with van der Waals surface area (Å²) in [5.41, 5.74) is 8.79. The molecule has 5 atom stereocenters. The third-order valence-corrected chi connectivity index (χ3v) is 6.00. The number of rotatable bonds is 6. The van der Waals surface area contributed by atoms with Crippen LogP contribution in [0.3, 0.4) is 0 Å². The van der Waals surface area contributed by atoms with E-state index in [4.69, 9.17) is 24.7 Å². The maximum atomic E-state index is 9.91. The van der Waals surface area contributed by atoms with E-state index in [9.17, 15) is 5.11 Å². The van der Waals surface area contributed by atoms with Gasteiger partial charge in [-0.05, 0) is 5.56 Å². The molecule has 2 aromatic heterocycles. The van der Waals surface area contributed by atoms with Gasteiger partial charge in [-0.3, -0.25) is 4.57 Å². The Kier molecular flexibility index (Phi) is 5.34. The SMILES string of the molecule is Nc1nc(OCc2ccccc2)c2ncn([C@@H]3O[C@H](CO)[C@H]4OC(c5ccccc5)O[C@H]43)c2n1. The van der Waals surface area contributed by atoms with Gasteiger partial charge in [-0.15, -0.1) is 0 Å². The minimum Gasteiger partial charge on any atom is -0.471 e. The Balaban J connectivity index is 1.31. The molecule has 6 rings (SSSR count). The van der Waals surface area contributed by atoms with E-state index >= 15 is 0 Å². The van der Waals surface area contributed by atoms with E-state index < -0.39 is 30.8 Å². The molecule has 0 radical (unpaired) electrons. The number of hydrogen-bond acceptors (Lipinski definition) is 9. The Morgan fingerprint density at radius 2 is 1.68 bits per heavy atom. The number of benzene rings is 2. The summed E-state index contributed by atoms with van der Waals surface area (Å²) in [7, 11) is 0. The molecule has 0 amide bonds. The van der Waals surface area contributed by atoms with E-state index in [0.717, 1.165) is 11.1 Å². The number of aromatic nitrogens is 4. The topological polar surface area (TPSA) is 127 Å². The van der Waals surface area contributed by atoms with Crippen molar-refractivity contribution in [3.05, 3.63) is 78.1 Å². The van der Waals surface area contributed by atoms with Gasteiger partial charge in [0.1, 0.15) is 24.9 Å². The molecule has 0 saturated carbocycles. The molecule has 2 aromatic carbocycles. The molecular formula is C24H23N5O5. The number of imidazole rings is 1. The van der Waals surface area contributed by atoms with Crippen LogP contribution in [0.4, 0.5) is 5.95 Å². The summed E-state index contributed by atoms with van der Waals surface area (Å²) in [6.45, 7) is 0.101. The highest BCUT2D eigenvalue weighted by Crippen LogP contribution is 2.44. The molecule has 4 aromatic rings. The minimum absolute atomic E-state index is 0.0521. The van der Waals surface area contributed by atoms with Crippen LogP contribution >= 0.6 is 0 Å². The molecule has 4 heterocycles. The van der Waals surface area contributed by atoms with Crippen molar-refractivity contribution in [2.45, 2.75) is 37.4 Å². The van der Waals surface area contributed by atoms with E-state index in [1.165, 1.54) is 0 Å². The predicted octanol–water partition coefficient (Wildman–Crippen LogP) is 2.36. The third kappa shape index (κ3) is 3.66. The molecule has 0 aliphatic carbocycles. The van der Waals surface area contributed by atoms with E-state index in [2.05, 4.69) is 15.0 Å². The van der Waals surface area contributed by atoms with Crippen molar-refractivity contribution < 1.29 is 24.1 Å². The number of nitrogens with two attached hydrogens (primary N) is 1. The molecule has 34 heavy (non-hydrogen) atoms. The predicted molar refractivity (Wildman–Crippen MR) is 120 cm³/mol. The van der Waals surface area contributed by atoms with Gasteiger partial charge in [0, 0.05) is 5.56 Å². The van der Waals surface area contributed by atoms with Gasteiger partial charge in [-0.25, -0.2) is 4.98 Å². The van der Waals surface area contributed by atoms with Gasteiger partial charge in [0.25, 0.3) is 0 Å². The first-order valence-electron chi connectivity index (χ1n) is 11.0. The van der Waals surface area contributed by atoms with Crippen LogP contribution in [0.1, 0.15) is 23.6 Å². The Morgan fingerprint density at radius 3 is 2.44 bits per heavy atom. The Hall–Kier alpha value is -3.57. The van der Waals surface area contributed by atoms with Crippen molar-refractivity contribution in [3.8, 4) is 5.88 Å². The van der Waals surface area contributed by atoms with Gasteiger partial charge >= 0.3 is 0 Å². The molecule has 2 aliphatic rings. The molecule has 0 spiro atoms. The first-order chi connectivity index (χ1) is 16.7. The summed E-state index contributed by atoms with van der Waals surface area (Å²) in [4.78, 5) is 13.1. The molecule has 2 saturated heterocycles. The summed E-state index contributed by atoms with van der Waals surface area (Å²) in [5, 5.41) is 9.91.